The molecule has 0 atom stereocenters. The van der Waals surface area contributed by atoms with E-state index in [1.165, 1.54) is 0 Å². The van der Waals surface area contributed by atoms with Crippen molar-refractivity contribution in [2.75, 3.05) is 5.32 Å². The molecule has 2 rings (SSSR count). The number of urea groups is 1. The number of carboxylic acid groups (broad SMARTS) is 1. The summed E-state index contributed by atoms with van der Waals surface area (Å²) in [5.74, 6) is -1.12. The zero-order valence-corrected chi connectivity index (χ0v) is 12.8. The number of benzene rings is 1. The molecule has 2 amide bonds. The van der Waals surface area contributed by atoms with Gasteiger partial charge in [0, 0.05) is 16.7 Å². The molecule has 0 unspecified atom stereocenters. The van der Waals surface area contributed by atoms with Gasteiger partial charge in [0.15, 0.2) is 0 Å². The Morgan fingerprint density at radius 2 is 1.95 bits per heavy atom. The van der Waals surface area contributed by atoms with Crippen LogP contribution in [0.1, 0.15) is 21.7 Å². The van der Waals surface area contributed by atoms with Crippen molar-refractivity contribution in [2.24, 2.45) is 0 Å². The SMILES string of the molecule is Cc1cc(NC(=O)NCc2ccc(Br)cc2)c(C(=O)O)[nH]1. The summed E-state index contributed by atoms with van der Waals surface area (Å²) in [6.45, 7) is 2.07. The number of carboxylic acids is 1. The fourth-order valence-electron chi connectivity index (χ4n) is 1.81. The second-order valence-corrected chi connectivity index (χ2v) is 5.40. The van der Waals surface area contributed by atoms with Crippen LogP contribution in [0, 0.1) is 6.92 Å². The fourth-order valence-corrected chi connectivity index (χ4v) is 2.07. The van der Waals surface area contributed by atoms with Crippen molar-refractivity contribution >= 4 is 33.6 Å². The van der Waals surface area contributed by atoms with Crippen LogP contribution in [0.5, 0.6) is 0 Å². The first kappa shape index (κ1) is 15.1. The summed E-state index contributed by atoms with van der Waals surface area (Å²) in [6.07, 6.45) is 0. The molecule has 1 heterocycles. The number of rotatable bonds is 4. The molecule has 7 heteroatoms. The maximum atomic E-state index is 11.8. The summed E-state index contributed by atoms with van der Waals surface area (Å²) >= 11 is 3.33. The average molecular weight is 352 g/mol. The topological polar surface area (TPSA) is 94.2 Å². The predicted octanol–water partition coefficient (Wildman–Crippen LogP) is 3.11. The van der Waals surface area contributed by atoms with Crippen LogP contribution in [-0.2, 0) is 6.54 Å². The van der Waals surface area contributed by atoms with Gasteiger partial charge in [-0.1, -0.05) is 28.1 Å². The lowest BCUT2D eigenvalue weighted by molar-refractivity contribution is 0.0692. The summed E-state index contributed by atoms with van der Waals surface area (Å²) in [5.41, 5.74) is 1.81. The number of aryl methyl sites for hydroxylation is 1. The van der Waals surface area contributed by atoms with Gasteiger partial charge in [-0.25, -0.2) is 9.59 Å². The Morgan fingerprint density at radius 1 is 1.29 bits per heavy atom. The summed E-state index contributed by atoms with van der Waals surface area (Å²) < 4.78 is 0.963. The highest BCUT2D eigenvalue weighted by Gasteiger charge is 2.15. The van der Waals surface area contributed by atoms with Crippen molar-refractivity contribution in [2.45, 2.75) is 13.5 Å². The largest absolute Gasteiger partial charge is 0.477 e. The predicted molar refractivity (Wildman–Crippen MR) is 82.5 cm³/mol. The second kappa shape index (κ2) is 6.45. The van der Waals surface area contributed by atoms with Gasteiger partial charge in [-0.2, -0.15) is 0 Å². The van der Waals surface area contributed by atoms with E-state index in [0.717, 1.165) is 10.0 Å². The molecule has 0 aliphatic carbocycles. The normalized spacial score (nSPS) is 10.2. The maximum absolute atomic E-state index is 11.8. The van der Waals surface area contributed by atoms with Crippen LogP contribution in [0.3, 0.4) is 0 Å². The van der Waals surface area contributed by atoms with Crippen LogP contribution in [0.2, 0.25) is 0 Å². The van der Waals surface area contributed by atoms with E-state index in [1.807, 2.05) is 24.3 Å². The van der Waals surface area contributed by atoms with Gasteiger partial charge in [0.05, 0.1) is 5.69 Å². The molecule has 0 aliphatic rings. The number of hydrogen-bond donors (Lipinski definition) is 4. The van der Waals surface area contributed by atoms with Gasteiger partial charge in [0.25, 0.3) is 0 Å². The van der Waals surface area contributed by atoms with Gasteiger partial charge < -0.3 is 20.7 Å². The minimum absolute atomic E-state index is 0.0358. The number of aromatic nitrogens is 1. The quantitative estimate of drug-likeness (QED) is 0.681. The molecule has 0 bridgehead atoms. The summed E-state index contributed by atoms with van der Waals surface area (Å²) in [7, 11) is 0. The van der Waals surface area contributed by atoms with Crippen molar-refractivity contribution in [1.29, 1.82) is 0 Å². The van der Waals surface area contributed by atoms with Crippen molar-refractivity contribution in [3.8, 4) is 0 Å². The Morgan fingerprint density at radius 3 is 2.57 bits per heavy atom. The minimum Gasteiger partial charge on any atom is -0.477 e. The van der Waals surface area contributed by atoms with Crippen LogP contribution in [0.4, 0.5) is 10.5 Å². The van der Waals surface area contributed by atoms with E-state index in [-0.39, 0.29) is 11.4 Å². The first-order chi connectivity index (χ1) is 9.95. The fraction of sp³-hybridized carbons (Fsp3) is 0.143. The Bertz CT molecular complexity index is 665. The van der Waals surface area contributed by atoms with Crippen molar-refractivity contribution in [3.63, 3.8) is 0 Å². The summed E-state index contributed by atoms with van der Waals surface area (Å²) in [5, 5.41) is 14.2. The number of nitrogens with one attached hydrogen (secondary N) is 3. The van der Waals surface area contributed by atoms with Gasteiger partial charge in [-0.15, -0.1) is 0 Å². The minimum atomic E-state index is -1.12. The lowest BCUT2D eigenvalue weighted by Crippen LogP contribution is -2.28. The molecule has 0 spiro atoms. The number of halogens is 1. The molecule has 4 N–H and O–H groups in total. The smallest absolute Gasteiger partial charge is 0.354 e. The van der Waals surface area contributed by atoms with Crippen LogP contribution >= 0.6 is 15.9 Å². The van der Waals surface area contributed by atoms with Crippen LogP contribution in [0.15, 0.2) is 34.8 Å². The van der Waals surface area contributed by atoms with E-state index >= 15 is 0 Å². The number of aromatic amines is 1. The molecule has 0 aliphatic heterocycles. The number of H-pyrrole nitrogens is 1. The number of amides is 2. The summed E-state index contributed by atoms with van der Waals surface area (Å²) in [6, 6.07) is 8.64. The van der Waals surface area contributed by atoms with Crippen molar-refractivity contribution < 1.29 is 14.7 Å². The van der Waals surface area contributed by atoms with Gasteiger partial charge in [0.2, 0.25) is 0 Å². The van der Waals surface area contributed by atoms with Crippen LogP contribution in [0.25, 0.3) is 0 Å². The van der Waals surface area contributed by atoms with E-state index < -0.39 is 12.0 Å². The first-order valence-corrected chi connectivity index (χ1v) is 6.97. The van der Waals surface area contributed by atoms with Gasteiger partial charge in [-0.05, 0) is 30.7 Å². The molecular weight excluding hydrogens is 338 g/mol. The van der Waals surface area contributed by atoms with E-state index in [9.17, 15) is 9.59 Å². The molecule has 0 saturated heterocycles. The average Bonchev–Trinajstić information content (AvgIpc) is 2.79. The Labute approximate surface area is 129 Å². The molecule has 2 aromatic rings. The standard InChI is InChI=1S/C14H14BrN3O3/c1-8-6-11(12(17-8)13(19)20)18-14(21)16-7-9-2-4-10(15)5-3-9/h2-6,17H,7H2,1H3,(H,19,20)(H2,16,18,21). The lowest BCUT2D eigenvalue weighted by Gasteiger charge is -2.07. The number of aromatic carboxylic acids is 1. The second-order valence-electron chi connectivity index (χ2n) is 4.48. The molecule has 0 saturated carbocycles. The van der Waals surface area contributed by atoms with Crippen molar-refractivity contribution in [3.05, 3.63) is 51.8 Å². The van der Waals surface area contributed by atoms with Gasteiger partial charge in [0.1, 0.15) is 5.69 Å². The Hall–Kier alpha value is -2.28. The van der Waals surface area contributed by atoms with Crippen LogP contribution in [-0.4, -0.2) is 22.1 Å². The first-order valence-electron chi connectivity index (χ1n) is 6.18. The maximum Gasteiger partial charge on any atom is 0.354 e. The monoisotopic (exact) mass is 351 g/mol. The van der Waals surface area contributed by atoms with Gasteiger partial charge in [-0.3, -0.25) is 0 Å². The van der Waals surface area contributed by atoms with Crippen molar-refractivity contribution in [1.82, 2.24) is 10.3 Å². The highest BCUT2D eigenvalue weighted by atomic mass is 79.9. The highest BCUT2D eigenvalue weighted by molar-refractivity contribution is 9.10. The molecule has 6 nitrogen and oxygen atoms in total. The Kier molecular flexibility index (Phi) is 4.64. The third-order valence-corrected chi connectivity index (χ3v) is 3.31. The van der Waals surface area contributed by atoms with E-state index in [4.69, 9.17) is 5.11 Å². The van der Waals surface area contributed by atoms with E-state index in [1.54, 1.807) is 13.0 Å². The zero-order valence-electron chi connectivity index (χ0n) is 11.2. The molecule has 1 aromatic heterocycles. The van der Waals surface area contributed by atoms with Crippen LogP contribution < -0.4 is 10.6 Å². The lowest BCUT2D eigenvalue weighted by atomic mass is 10.2. The molecule has 0 fully saturated rings. The molecular formula is C14H14BrN3O3. The molecule has 110 valence electrons. The molecule has 1 aromatic carbocycles. The van der Waals surface area contributed by atoms with E-state index in [0.29, 0.717) is 12.2 Å². The third-order valence-electron chi connectivity index (χ3n) is 2.78. The Balaban J connectivity index is 1.96. The zero-order chi connectivity index (χ0) is 15.4. The third kappa shape index (κ3) is 4.09. The molecule has 0 radical (unpaired) electrons. The molecule has 21 heavy (non-hydrogen) atoms. The van der Waals surface area contributed by atoms with E-state index in [2.05, 4.69) is 31.5 Å². The number of carbonyl (C=O) groups excluding carboxylic acids is 1. The van der Waals surface area contributed by atoms with Gasteiger partial charge >= 0.3 is 12.0 Å². The number of hydrogen-bond acceptors (Lipinski definition) is 2. The highest BCUT2D eigenvalue weighted by Crippen LogP contribution is 2.16. The number of carbonyl (C=O) groups is 2. The summed E-state index contributed by atoms with van der Waals surface area (Å²) in [4.78, 5) is 25.5. The number of anilines is 1.